The Kier molecular flexibility index (Phi) is 9.89. The Hall–Kier alpha value is -0.0800. The van der Waals surface area contributed by atoms with Crippen molar-refractivity contribution in [1.29, 1.82) is 0 Å². The molecule has 0 bridgehead atoms. The molecule has 24 heavy (non-hydrogen) atoms. The fourth-order valence-electron chi connectivity index (χ4n) is 3.96. The van der Waals surface area contributed by atoms with E-state index in [1.807, 2.05) is 7.05 Å². The number of guanidine groups is 1. The second-order valence-corrected chi connectivity index (χ2v) is 7.64. The zero-order valence-corrected chi connectivity index (χ0v) is 18.3. The van der Waals surface area contributed by atoms with Crippen LogP contribution < -0.4 is 10.6 Å². The summed E-state index contributed by atoms with van der Waals surface area (Å²) in [6, 6.07) is 0.576. The summed E-state index contributed by atoms with van der Waals surface area (Å²) in [6.45, 7) is 4.84. The first-order chi connectivity index (χ1) is 11.0. The molecule has 2 unspecified atom stereocenters. The zero-order valence-electron chi connectivity index (χ0n) is 15.9. The average molecular weight is 452 g/mol. The molecule has 1 aliphatic heterocycles. The molecule has 2 N–H and O–H groups in total. The molecule has 0 amide bonds. The van der Waals surface area contributed by atoms with E-state index < -0.39 is 0 Å². The van der Waals surface area contributed by atoms with E-state index in [9.17, 15) is 0 Å². The molecule has 1 saturated heterocycles. The smallest absolute Gasteiger partial charge is 0.191 e. The van der Waals surface area contributed by atoms with Crippen molar-refractivity contribution in [1.82, 2.24) is 15.5 Å². The van der Waals surface area contributed by atoms with Gasteiger partial charge in [-0.3, -0.25) is 4.99 Å². The van der Waals surface area contributed by atoms with Gasteiger partial charge in [0, 0.05) is 32.8 Å². The van der Waals surface area contributed by atoms with Gasteiger partial charge in [0.1, 0.15) is 0 Å². The largest absolute Gasteiger partial charge is 0.373 e. The van der Waals surface area contributed by atoms with Gasteiger partial charge in [-0.15, -0.1) is 24.0 Å². The highest BCUT2D eigenvalue weighted by atomic mass is 127. The van der Waals surface area contributed by atoms with Gasteiger partial charge in [0.2, 0.25) is 0 Å². The van der Waals surface area contributed by atoms with Crippen LogP contribution in [0.3, 0.4) is 0 Å². The van der Waals surface area contributed by atoms with E-state index in [1.165, 1.54) is 32.1 Å². The first kappa shape index (κ1) is 22.0. The molecule has 0 aromatic rings. The fraction of sp³-hybridized carbons (Fsp3) is 0.944. The summed E-state index contributed by atoms with van der Waals surface area (Å²) < 4.78 is 5.84. The quantitative estimate of drug-likeness (QED) is 0.370. The summed E-state index contributed by atoms with van der Waals surface area (Å²) in [5.74, 6) is 1.70. The third-order valence-corrected chi connectivity index (χ3v) is 5.49. The van der Waals surface area contributed by atoms with Gasteiger partial charge in [0.25, 0.3) is 0 Å². The minimum absolute atomic E-state index is 0. The van der Waals surface area contributed by atoms with Gasteiger partial charge in [-0.2, -0.15) is 0 Å². The highest BCUT2D eigenvalue weighted by molar-refractivity contribution is 14.0. The van der Waals surface area contributed by atoms with Crippen LogP contribution in [0, 0.1) is 5.92 Å². The van der Waals surface area contributed by atoms with Crippen molar-refractivity contribution in [3.63, 3.8) is 0 Å². The molecule has 1 saturated carbocycles. The lowest BCUT2D eigenvalue weighted by molar-refractivity contribution is 0.0242. The van der Waals surface area contributed by atoms with Crippen molar-refractivity contribution >= 4 is 29.9 Å². The molecular formula is C18H37IN4O. The lowest BCUT2D eigenvalue weighted by Crippen LogP contribution is -2.50. The van der Waals surface area contributed by atoms with Crippen LogP contribution in [0.5, 0.6) is 0 Å². The van der Waals surface area contributed by atoms with E-state index >= 15 is 0 Å². The van der Waals surface area contributed by atoms with Crippen LogP contribution >= 0.6 is 24.0 Å². The van der Waals surface area contributed by atoms with Gasteiger partial charge < -0.3 is 20.3 Å². The number of likely N-dealkylation sites (N-methyl/N-ethyl adjacent to an activating group) is 1. The number of hydrogen-bond acceptors (Lipinski definition) is 3. The van der Waals surface area contributed by atoms with Crippen molar-refractivity contribution in [2.75, 3.05) is 40.8 Å². The Morgan fingerprint density at radius 2 is 1.92 bits per heavy atom. The second kappa shape index (κ2) is 10.8. The lowest BCUT2D eigenvalue weighted by Gasteiger charge is -2.35. The topological polar surface area (TPSA) is 48.9 Å². The monoisotopic (exact) mass is 452 g/mol. The van der Waals surface area contributed by atoms with Crippen LogP contribution in [0.25, 0.3) is 0 Å². The predicted octanol–water partition coefficient (Wildman–Crippen LogP) is 2.85. The number of hydrogen-bond donors (Lipinski definition) is 2. The first-order valence-corrected chi connectivity index (χ1v) is 9.29. The molecule has 6 heteroatoms. The summed E-state index contributed by atoms with van der Waals surface area (Å²) in [5, 5.41) is 6.98. The van der Waals surface area contributed by atoms with E-state index in [0.717, 1.165) is 44.4 Å². The van der Waals surface area contributed by atoms with E-state index in [1.54, 1.807) is 0 Å². The molecule has 142 valence electrons. The van der Waals surface area contributed by atoms with Gasteiger partial charge in [0.05, 0.1) is 5.60 Å². The maximum Gasteiger partial charge on any atom is 0.191 e. The van der Waals surface area contributed by atoms with Gasteiger partial charge >= 0.3 is 0 Å². The SMILES string of the molecule is CN=C(NCC(C1CCCCC1)N(C)C)NCC1(C)CCCO1.I. The summed E-state index contributed by atoms with van der Waals surface area (Å²) >= 11 is 0. The van der Waals surface area contributed by atoms with Crippen molar-refractivity contribution < 1.29 is 4.74 Å². The molecule has 2 atom stereocenters. The standard InChI is InChI=1S/C18H36N4O.HI/c1-18(11-8-12-23-18)14-21-17(19-2)20-13-16(22(3)4)15-9-6-5-7-10-15;/h15-16H,5-14H2,1-4H3,(H2,19,20,21);1H. The average Bonchev–Trinajstić information content (AvgIpc) is 2.98. The van der Waals surface area contributed by atoms with Gasteiger partial charge in [-0.1, -0.05) is 19.3 Å². The lowest BCUT2D eigenvalue weighted by atomic mass is 9.83. The third-order valence-electron chi connectivity index (χ3n) is 5.49. The number of nitrogens with zero attached hydrogens (tertiary/aromatic N) is 2. The van der Waals surface area contributed by atoms with Crippen LogP contribution in [0.2, 0.25) is 0 Å². The summed E-state index contributed by atoms with van der Waals surface area (Å²) in [5.41, 5.74) is -0.0397. The van der Waals surface area contributed by atoms with Crippen LogP contribution in [-0.4, -0.2) is 63.3 Å². The van der Waals surface area contributed by atoms with E-state index in [-0.39, 0.29) is 29.6 Å². The number of ether oxygens (including phenoxy) is 1. The highest BCUT2D eigenvalue weighted by Crippen LogP contribution is 2.28. The van der Waals surface area contributed by atoms with Gasteiger partial charge in [-0.05, 0) is 52.6 Å². The molecule has 2 fully saturated rings. The zero-order chi connectivity index (χ0) is 16.7. The van der Waals surface area contributed by atoms with Crippen molar-refractivity contribution in [3.8, 4) is 0 Å². The summed E-state index contributed by atoms with van der Waals surface area (Å²) in [6.07, 6.45) is 9.19. The Morgan fingerprint density at radius 3 is 2.46 bits per heavy atom. The first-order valence-electron chi connectivity index (χ1n) is 9.29. The van der Waals surface area contributed by atoms with Crippen LogP contribution in [0.15, 0.2) is 4.99 Å². The van der Waals surface area contributed by atoms with Gasteiger partial charge in [-0.25, -0.2) is 0 Å². The molecule has 1 aliphatic carbocycles. The number of nitrogens with one attached hydrogen (secondary N) is 2. The molecule has 0 radical (unpaired) electrons. The summed E-state index contributed by atoms with van der Waals surface area (Å²) in [4.78, 5) is 6.75. The number of rotatable bonds is 6. The van der Waals surface area contributed by atoms with Crippen molar-refractivity contribution in [3.05, 3.63) is 0 Å². The molecule has 0 aromatic heterocycles. The number of aliphatic imine (C=N–C) groups is 1. The second-order valence-electron chi connectivity index (χ2n) is 7.64. The Labute approximate surface area is 165 Å². The van der Waals surface area contributed by atoms with E-state index in [0.29, 0.717) is 6.04 Å². The Bertz CT molecular complexity index is 377. The molecule has 0 spiro atoms. The van der Waals surface area contributed by atoms with Crippen LogP contribution in [0.4, 0.5) is 0 Å². The normalized spacial score (nSPS) is 27.0. The maximum atomic E-state index is 5.84. The molecule has 2 rings (SSSR count). The Balaban J connectivity index is 0.00000288. The van der Waals surface area contributed by atoms with E-state index in [4.69, 9.17) is 4.74 Å². The van der Waals surface area contributed by atoms with Gasteiger partial charge in [0.15, 0.2) is 5.96 Å². The molecule has 0 aromatic carbocycles. The minimum Gasteiger partial charge on any atom is -0.373 e. The van der Waals surface area contributed by atoms with Crippen molar-refractivity contribution in [2.45, 2.75) is 63.5 Å². The predicted molar refractivity (Wildman–Crippen MR) is 112 cm³/mol. The highest BCUT2D eigenvalue weighted by Gasteiger charge is 2.30. The molecule has 1 heterocycles. The molecule has 5 nitrogen and oxygen atoms in total. The summed E-state index contributed by atoms with van der Waals surface area (Å²) in [7, 11) is 6.24. The molecular weight excluding hydrogens is 415 g/mol. The molecule has 2 aliphatic rings. The minimum atomic E-state index is -0.0397. The van der Waals surface area contributed by atoms with Crippen molar-refractivity contribution in [2.24, 2.45) is 10.9 Å². The maximum absolute atomic E-state index is 5.84. The third kappa shape index (κ3) is 6.67. The fourth-order valence-corrected chi connectivity index (χ4v) is 3.96. The van der Waals surface area contributed by atoms with E-state index in [2.05, 4.69) is 41.5 Å². The van der Waals surface area contributed by atoms with Crippen LogP contribution in [-0.2, 0) is 4.74 Å². The van der Waals surface area contributed by atoms with Crippen LogP contribution in [0.1, 0.15) is 51.9 Å². The number of halogens is 1. The Morgan fingerprint density at radius 1 is 1.21 bits per heavy atom.